The van der Waals surface area contributed by atoms with Gasteiger partial charge in [0.15, 0.2) is 17.5 Å². The average molecular weight is 831 g/mol. The van der Waals surface area contributed by atoms with Crippen LogP contribution in [0.2, 0.25) is 0 Å². The molecule has 0 aliphatic carbocycles. The quantitative estimate of drug-likeness (QED) is 0.173. The third-order valence-electron chi connectivity index (χ3n) is 13.0. The summed E-state index contributed by atoms with van der Waals surface area (Å²) >= 11 is 0. The van der Waals surface area contributed by atoms with Crippen LogP contribution in [0.25, 0.3) is 138 Å². The maximum Gasteiger partial charge on any atom is 0.166 e. The van der Waals surface area contributed by atoms with Gasteiger partial charge in [0.25, 0.3) is 0 Å². The molecular weight excluding hydrogens is 797 g/mol. The largest absolute Gasteiger partial charge is 0.456 e. The molecule has 0 fully saturated rings. The van der Waals surface area contributed by atoms with Gasteiger partial charge in [0.2, 0.25) is 0 Å². The SMILES string of the molecule is c1ccc(-c2cccc(-c3nc(-c4ccc5oc6ccccc6c5c4)nc(-c4cc5oc6ccccc6c5cc4-n4c5cc6ccccc6cc5c5c6ccccc6ccc54)n3)c2)cc1. The van der Waals surface area contributed by atoms with Crippen LogP contribution >= 0.6 is 0 Å². The van der Waals surface area contributed by atoms with Gasteiger partial charge in [0, 0.05) is 49.0 Å². The third kappa shape index (κ3) is 5.57. The summed E-state index contributed by atoms with van der Waals surface area (Å²) in [6.45, 7) is 0. The zero-order valence-electron chi connectivity index (χ0n) is 34.7. The number of hydrogen-bond acceptors (Lipinski definition) is 5. The first kappa shape index (κ1) is 35.7. The van der Waals surface area contributed by atoms with Crippen molar-refractivity contribution in [2.75, 3.05) is 0 Å². The normalized spacial score (nSPS) is 12.0. The Balaban J connectivity index is 1.10. The zero-order chi connectivity index (χ0) is 42.6. The van der Waals surface area contributed by atoms with Crippen LogP contribution in [0.1, 0.15) is 0 Å². The van der Waals surface area contributed by atoms with Crippen LogP contribution in [0.5, 0.6) is 0 Å². The van der Waals surface area contributed by atoms with E-state index in [9.17, 15) is 0 Å². The Morgan fingerprint density at radius 1 is 0.308 bits per heavy atom. The fraction of sp³-hybridized carbons (Fsp3) is 0. The Hall–Kier alpha value is -8.87. The maximum absolute atomic E-state index is 6.66. The van der Waals surface area contributed by atoms with E-state index >= 15 is 0 Å². The molecule has 302 valence electrons. The first-order valence-electron chi connectivity index (χ1n) is 21.8. The van der Waals surface area contributed by atoms with E-state index in [4.69, 9.17) is 23.8 Å². The molecule has 0 radical (unpaired) electrons. The summed E-state index contributed by atoms with van der Waals surface area (Å²) in [5.74, 6) is 1.65. The number of hydrogen-bond donors (Lipinski definition) is 0. The smallest absolute Gasteiger partial charge is 0.166 e. The molecule has 4 heterocycles. The Kier molecular flexibility index (Phi) is 7.59. The number of aromatic nitrogens is 4. The molecule has 14 rings (SSSR count). The predicted molar refractivity (Wildman–Crippen MR) is 265 cm³/mol. The summed E-state index contributed by atoms with van der Waals surface area (Å²) < 4.78 is 15.3. The van der Waals surface area contributed by atoms with Gasteiger partial charge in [-0.05, 0) is 99.4 Å². The van der Waals surface area contributed by atoms with E-state index < -0.39 is 0 Å². The first-order chi connectivity index (χ1) is 32.2. The summed E-state index contributed by atoms with van der Waals surface area (Å²) in [4.78, 5) is 16.1. The number of benzene rings is 10. The van der Waals surface area contributed by atoms with Crippen molar-refractivity contribution in [1.82, 2.24) is 19.5 Å². The molecule has 0 saturated heterocycles. The molecule has 0 saturated carbocycles. The molecule has 0 atom stereocenters. The highest BCUT2D eigenvalue weighted by atomic mass is 16.3. The van der Waals surface area contributed by atoms with Crippen LogP contribution in [0, 0.1) is 0 Å². The maximum atomic E-state index is 6.66. The molecule has 0 spiro atoms. The standard InChI is InChI=1S/C59H34N4O2/c1-2-13-35(14-3-1)37-18-12-19-40(29-37)57-60-58(41-26-28-54-45(31-41)43-21-8-10-23-52(43)64-54)62-59(61-57)48-34-55-46(44-22-9-11-24-53(44)65-55)33-51(48)63-49-27-25-36-15-6-7-20-42(36)56(49)47-30-38-16-4-5-17-39(38)32-50(47)63/h1-34H. The van der Waals surface area contributed by atoms with Crippen LogP contribution in [0.15, 0.2) is 215 Å². The van der Waals surface area contributed by atoms with Crippen LogP contribution in [0.3, 0.4) is 0 Å². The van der Waals surface area contributed by atoms with Gasteiger partial charge < -0.3 is 13.4 Å². The van der Waals surface area contributed by atoms with Gasteiger partial charge in [-0.15, -0.1) is 0 Å². The molecule has 6 heteroatoms. The van der Waals surface area contributed by atoms with E-state index in [-0.39, 0.29) is 0 Å². The molecule has 0 N–H and O–H groups in total. The van der Waals surface area contributed by atoms with Gasteiger partial charge in [-0.1, -0.05) is 140 Å². The number of fused-ring (bicyclic) bond motifs is 12. The van der Waals surface area contributed by atoms with Crippen LogP contribution in [-0.2, 0) is 0 Å². The number of para-hydroxylation sites is 2. The fourth-order valence-electron chi connectivity index (χ4n) is 9.94. The summed E-state index contributed by atoms with van der Waals surface area (Å²) in [7, 11) is 0. The lowest BCUT2D eigenvalue weighted by Crippen LogP contribution is -2.04. The van der Waals surface area contributed by atoms with Gasteiger partial charge in [-0.3, -0.25) is 0 Å². The van der Waals surface area contributed by atoms with Crippen molar-refractivity contribution in [1.29, 1.82) is 0 Å². The van der Waals surface area contributed by atoms with Crippen molar-refractivity contribution in [3.63, 3.8) is 0 Å². The molecule has 0 aliphatic heterocycles. The van der Waals surface area contributed by atoms with E-state index in [1.54, 1.807) is 0 Å². The number of nitrogens with zero attached hydrogens (tertiary/aromatic N) is 4. The van der Waals surface area contributed by atoms with E-state index in [1.165, 1.54) is 26.9 Å². The Labute approximate surface area is 371 Å². The van der Waals surface area contributed by atoms with Crippen LogP contribution in [0.4, 0.5) is 0 Å². The van der Waals surface area contributed by atoms with Crippen molar-refractivity contribution in [2.45, 2.75) is 0 Å². The highest BCUT2D eigenvalue weighted by Gasteiger charge is 2.24. The van der Waals surface area contributed by atoms with Crippen molar-refractivity contribution >= 4 is 87.2 Å². The zero-order valence-corrected chi connectivity index (χ0v) is 34.7. The molecule has 0 aliphatic rings. The summed E-state index contributed by atoms with van der Waals surface area (Å²) in [6, 6.07) is 72.3. The second-order valence-corrected chi connectivity index (χ2v) is 16.8. The van der Waals surface area contributed by atoms with Crippen molar-refractivity contribution in [3.05, 3.63) is 206 Å². The van der Waals surface area contributed by atoms with E-state index in [2.05, 4.69) is 162 Å². The van der Waals surface area contributed by atoms with E-state index in [0.717, 1.165) is 93.8 Å². The monoisotopic (exact) mass is 830 g/mol. The van der Waals surface area contributed by atoms with Crippen molar-refractivity contribution < 1.29 is 8.83 Å². The fourth-order valence-corrected chi connectivity index (χ4v) is 9.94. The molecule has 4 aromatic heterocycles. The molecule has 0 unspecified atom stereocenters. The molecular formula is C59H34N4O2. The minimum Gasteiger partial charge on any atom is -0.456 e. The summed E-state index contributed by atoms with van der Waals surface area (Å²) in [6.07, 6.45) is 0. The molecule has 0 bridgehead atoms. The summed E-state index contributed by atoms with van der Waals surface area (Å²) in [5.41, 5.74) is 11.1. The predicted octanol–water partition coefficient (Wildman–Crippen LogP) is 15.7. The molecule has 65 heavy (non-hydrogen) atoms. The highest BCUT2D eigenvalue weighted by Crippen LogP contribution is 2.44. The van der Waals surface area contributed by atoms with Crippen LogP contribution in [-0.4, -0.2) is 19.5 Å². The first-order valence-corrected chi connectivity index (χ1v) is 21.8. The van der Waals surface area contributed by atoms with Crippen LogP contribution < -0.4 is 0 Å². The lowest BCUT2D eigenvalue weighted by atomic mass is 10.0. The second kappa shape index (κ2) is 13.8. The van der Waals surface area contributed by atoms with Gasteiger partial charge in [-0.2, -0.15) is 0 Å². The Morgan fingerprint density at radius 2 is 0.892 bits per heavy atom. The average Bonchev–Trinajstić information content (AvgIpc) is 4.04. The van der Waals surface area contributed by atoms with E-state index in [1.807, 2.05) is 48.5 Å². The number of furan rings is 2. The summed E-state index contributed by atoms with van der Waals surface area (Å²) in [5, 5.41) is 11.2. The van der Waals surface area contributed by atoms with E-state index in [0.29, 0.717) is 17.5 Å². The minimum absolute atomic E-state index is 0.529. The molecule has 10 aromatic carbocycles. The molecule has 6 nitrogen and oxygen atoms in total. The van der Waals surface area contributed by atoms with Gasteiger partial charge in [0.05, 0.1) is 16.7 Å². The highest BCUT2D eigenvalue weighted by molar-refractivity contribution is 6.24. The van der Waals surface area contributed by atoms with Gasteiger partial charge in [0.1, 0.15) is 22.3 Å². The van der Waals surface area contributed by atoms with Crippen molar-refractivity contribution in [3.8, 4) is 51.0 Å². The lowest BCUT2D eigenvalue weighted by molar-refractivity contribution is 0.668. The van der Waals surface area contributed by atoms with Crippen molar-refractivity contribution in [2.24, 2.45) is 0 Å². The topological polar surface area (TPSA) is 69.9 Å². The second-order valence-electron chi connectivity index (χ2n) is 16.8. The third-order valence-corrected chi connectivity index (χ3v) is 13.0. The lowest BCUT2D eigenvalue weighted by Gasteiger charge is -2.15. The van der Waals surface area contributed by atoms with Gasteiger partial charge in [-0.25, -0.2) is 15.0 Å². The Morgan fingerprint density at radius 3 is 1.68 bits per heavy atom. The Bertz CT molecular complexity index is 4250. The minimum atomic E-state index is 0.529. The number of rotatable bonds is 5. The van der Waals surface area contributed by atoms with Gasteiger partial charge >= 0.3 is 0 Å². The molecule has 14 aromatic rings. The molecule has 0 amide bonds.